The van der Waals surface area contributed by atoms with Gasteiger partial charge in [-0.15, -0.1) is 0 Å². The smallest absolute Gasteiger partial charge is 0.326 e. The van der Waals surface area contributed by atoms with Crippen LogP contribution in [-0.4, -0.2) is 47.1 Å². The number of carboxylic acids is 1. The number of benzene rings is 2. The molecule has 1 aliphatic rings. The molecule has 1 aliphatic heterocycles. The first-order valence-electron chi connectivity index (χ1n) is 8.84. The molecule has 1 fully saturated rings. The number of nitrogens with one attached hydrogen (secondary N) is 1. The second-order valence-electron chi connectivity index (χ2n) is 6.57. The van der Waals surface area contributed by atoms with Crippen molar-refractivity contribution >= 4 is 22.6 Å². The van der Waals surface area contributed by atoms with Crippen LogP contribution in [0.5, 0.6) is 0 Å². The molecule has 1 saturated heterocycles. The van der Waals surface area contributed by atoms with Crippen LogP contribution < -0.4 is 5.32 Å². The summed E-state index contributed by atoms with van der Waals surface area (Å²) >= 11 is 0. The molecule has 0 saturated carbocycles. The van der Waals surface area contributed by atoms with E-state index in [0.717, 1.165) is 29.2 Å². The molecule has 1 amide bonds. The summed E-state index contributed by atoms with van der Waals surface area (Å²) in [4.78, 5) is 26.1. The van der Waals surface area contributed by atoms with E-state index in [4.69, 9.17) is 0 Å². The first-order valence-corrected chi connectivity index (χ1v) is 8.84. The highest BCUT2D eigenvalue weighted by Gasteiger charge is 2.35. The summed E-state index contributed by atoms with van der Waals surface area (Å²) in [7, 11) is 0. The standard InChI is InChI=1S/C20H24N2O3/c1-2-5-17-19(23)22(11-10-21-17)18(20(24)25)13-14-8-9-15-6-3-4-7-16(15)12-14/h3-4,6-9,12,17-18,21H,2,5,10-11,13H2,1H3,(H,24,25). The lowest BCUT2D eigenvalue weighted by molar-refractivity contribution is -0.152. The van der Waals surface area contributed by atoms with Gasteiger partial charge in [0, 0.05) is 19.5 Å². The zero-order valence-electron chi connectivity index (χ0n) is 14.4. The summed E-state index contributed by atoms with van der Waals surface area (Å²) in [6.07, 6.45) is 1.95. The van der Waals surface area contributed by atoms with Crippen molar-refractivity contribution in [2.75, 3.05) is 13.1 Å². The summed E-state index contributed by atoms with van der Waals surface area (Å²) in [5, 5.41) is 15.1. The first-order chi connectivity index (χ1) is 12.1. The van der Waals surface area contributed by atoms with Gasteiger partial charge in [-0.3, -0.25) is 4.79 Å². The Morgan fingerprint density at radius 1 is 1.28 bits per heavy atom. The van der Waals surface area contributed by atoms with Gasteiger partial charge in [0.2, 0.25) is 5.91 Å². The van der Waals surface area contributed by atoms with Crippen LogP contribution in [-0.2, 0) is 16.0 Å². The summed E-state index contributed by atoms with van der Waals surface area (Å²) in [5.74, 6) is -1.04. The fraction of sp³-hybridized carbons (Fsp3) is 0.400. The van der Waals surface area contributed by atoms with E-state index in [-0.39, 0.29) is 11.9 Å². The van der Waals surface area contributed by atoms with E-state index in [2.05, 4.69) is 5.32 Å². The maximum atomic E-state index is 12.7. The normalized spacial score (nSPS) is 19.2. The van der Waals surface area contributed by atoms with Gasteiger partial charge >= 0.3 is 5.97 Å². The SMILES string of the molecule is CCCC1NCCN(C(Cc2ccc3ccccc3c2)C(=O)O)C1=O. The van der Waals surface area contributed by atoms with Gasteiger partial charge in [0.25, 0.3) is 0 Å². The number of nitrogens with zero attached hydrogens (tertiary/aromatic N) is 1. The van der Waals surface area contributed by atoms with Crippen LogP contribution in [0.2, 0.25) is 0 Å². The lowest BCUT2D eigenvalue weighted by Gasteiger charge is -2.37. The van der Waals surface area contributed by atoms with E-state index in [1.807, 2.05) is 49.4 Å². The monoisotopic (exact) mass is 340 g/mol. The van der Waals surface area contributed by atoms with Crippen LogP contribution in [0, 0.1) is 0 Å². The molecule has 3 rings (SSSR count). The van der Waals surface area contributed by atoms with Gasteiger partial charge < -0.3 is 15.3 Å². The lowest BCUT2D eigenvalue weighted by Crippen LogP contribution is -2.60. The number of carbonyl (C=O) groups excluding carboxylic acids is 1. The van der Waals surface area contributed by atoms with Crippen molar-refractivity contribution in [1.82, 2.24) is 10.2 Å². The molecule has 1 heterocycles. The van der Waals surface area contributed by atoms with E-state index in [1.54, 1.807) is 0 Å². The van der Waals surface area contributed by atoms with Crippen LogP contribution in [0.15, 0.2) is 42.5 Å². The van der Waals surface area contributed by atoms with E-state index in [0.29, 0.717) is 19.5 Å². The molecule has 5 heteroatoms. The van der Waals surface area contributed by atoms with Crippen molar-refractivity contribution in [2.45, 2.75) is 38.3 Å². The van der Waals surface area contributed by atoms with E-state index in [1.165, 1.54) is 4.90 Å². The maximum absolute atomic E-state index is 12.7. The van der Waals surface area contributed by atoms with Crippen molar-refractivity contribution in [3.05, 3.63) is 48.0 Å². The molecule has 0 spiro atoms. The molecule has 25 heavy (non-hydrogen) atoms. The van der Waals surface area contributed by atoms with Gasteiger partial charge in [0.15, 0.2) is 0 Å². The number of carbonyl (C=O) groups is 2. The van der Waals surface area contributed by atoms with Gasteiger partial charge in [0.05, 0.1) is 6.04 Å². The third-order valence-corrected chi connectivity index (χ3v) is 4.81. The Morgan fingerprint density at radius 2 is 2.04 bits per heavy atom. The van der Waals surface area contributed by atoms with Crippen LogP contribution >= 0.6 is 0 Å². The Bertz CT molecular complexity index is 772. The number of hydrogen-bond acceptors (Lipinski definition) is 3. The number of rotatable bonds is 6. The van der Waals surface area contributed by atoms with E-state index in [9.17, 15) is 14.7 Å². The topological polar surface area (TPSA) is 69.6 Å². The Balaban J connectivity index is 1.82. The quantitative estimate of drug-likeness (QED) is 0.847. The molecule has 0 radical (unpaired) electrons. The average molecular weight is 340 g/mol. The van der Waals surface area contributed by atoms with Crippen molar-refractivity contribution in [3.63, 3.8) is 0 Å². The van der Waals surface area contributed by atoms with Gasteiger partial charge in [0.1, 0.15) is 6.04 Å². The summed E-state index contributed by atoms with van der Waals surface area (Å²) in [6, 6.07) is 12.9. The van der Waals surface area contributed by atoms with Crippen LogP contribution in [0.1, 0.15) is 25.3 Å². The summed E-state index contributed by atoms with van der Waals surface area (Å²) in [6.45, 7) is 3.10. The molecule has 2 N–H and O–H groups in total. The Hall–Kier alpha value is -2.40. The van der Waals surface area contributed by atoms with Crippen LogP contribution in [0.25, 0.3) is 10.8 Å². The predicted molar refractivity (Wildman–Crippen MR) is 97.5 cm³/mol. The third-order valence-electron chi connectivity index (χ3n) is 4.81. The second-order valence-corrected chi connectivity index (χ2v) is 6.57. The number of hydrogen-bond donors (Lipinski definition) is 2. The number of fused-ring (bicyclic) bond motifs is 1. The molecule has 0 aromatic heterocycles. The molecule has 0 aliphatic carbocycles. The lowest BCUT2D eigenvalue weighted by atomic mass is 9.99. The molecule has 2 aromatic carbocycles. The molecule has 0 bridgehead atoms. The molecule has 2 aromatic rings. The predicted octanol–water partition coefficient (Wildman–Crippen LogP) is 2.44. The Kier molecular flexibility index (Phi) is 5.34. The number of carboxylic acid groups (broad SMARTS) is 1. The van der Waals surface area contributed by atoms with E-state index < -0.39 is 12.0 Å². The highest BCUT2D eigenvalue weighted by Crippen LogP contribution is 2.19. The first kappa shape index (κ1) is 17.4. The molecular weight excluding hydrogens is 316 g/mol. The second kappa shape index (κ2) is 7.66. The van der Waals surface area contributed by atoms with Gasteiger partial charge in [-0.2, -0.15) is 0 Å². The summed E-state index contributed by atoms with van der Waals surface area (Å²) < 4.78 is 0. The van der Waals surface area contributed by atoms with E-state index >= 15 is 0 Å². The largest absolute Gasteiger partial charge is 0.480 e. The molecular formula is C20H24N2O3. The number of piperazine rings is 1. The minimum atomic E-state index is -0.946. The van der Waals surface area contributed by atoms with Crippen LogP contribution in [0.4, 0.5) is 0 Å². The van der Waals surface area contributed by atoms with Crippen LogP contribution in [0.3, 0.4) is 0 Å². The third kappa shape index (κ3) is 3.82. The summed E-state index contributed by atoms with van der Waals surface area (Å²) in [5.41, 5.74) is 0.935. The molecule has 132 valence electrons. The highest BCUT2D eigenvalue weighted by atomic mass is 16.4. The van der Waals surface area contributed by atoms with Crippen molar-refractivity contribution in [3.8, 4) is 0 Å². The van der Waals surface area contributed by atoms with Gasteiger partial charge in [-0.1, -0.05) is 55.8 Å². The fourth-order valence-electron chi connectivity index (χ4n) is 3.50. The van der Waals surface area contributed by atoms with Crippen molar-refractivity contribution in [1.29, 1.82) is 0 Å². The molecule has 2 unspecified atom stereocenters. The zero-order chi connectivity index (χ0) is 17.8. The minimum Gasteiger partial charge on any atom is -0.480 e. The maximum Gasteiger partial charge on any atom is 0.326 e. The number of aliphatic carboxylic acids is 1. The molecule has 2 atom stereocenters. The van der Waals surface area contributed by atoms with Crippen molar-refractivity contribution in [2.24, 2.45) is 0 Å². The number of amides is 1. The van der Waals surface area contributed by atoms with Gasteiger partial charge in [-0.05, 0) is 22.8 Å². The average Bonchev–Trinajstić information content (AvgIpc) is 2.61. The molecule has 5 nitrogen and oxygen atoms in total. The van der Waals surface area contributed by atoms with Crippen molar-refractivity contribution < 1.29 is 14.7 Å². The van der Waals surface area contributed by atoms with Gasteiger partial charge in [-0.25, -0.2) is 4.79 Å². The minimum absolute atomic E-state index is 0.0960. The Labute approximate surface area is 147 Å². The zero-order valence-corrected chi connectivity index (χ0v) is 14.4. The Morgan fingerprint density at radius 3 is 2.76 bits per heavy atom. The highest BCUT2D eigenvalue weighted by molar-refractivity contribution is 5.88. The fourth-order valence-corrected chi connectivity index (χ4v) is 3.50.